The maximum atomic E-state index is 12.8. The SMILES string of the molecule is C=C/C(=C\C=C(/C)Cc1cc2c(cc1C)C(C)(C)CCC2(C)C)C(=O)C(CC)CCC. The average Bonchev–Trinajstić information content (AvgIpc) is 2.71. The van der Waals surface area contributed by atoms with E-state index in [-0.39, 0.29) is 22.5 Å². The van der Waals surface area contributed by atoms with Gasteiger partial charge in [-0.15, -0.1) is 0 Å². The van der Waals surface area contributed by atoms with Gasteiger partial charge < -0.3 is 0 Å². The van der Waals surface area contributed by atoms with Gasteiger partial charge in [0.25, 0.3) is 0 Å². The quantitative estimate of drug-likeness (QED) is 0.290. The minimum Gasteiger partial charge on any atom is -0.294 e. The van der Waals surface area contributed by atoms with Crippen LogP contribution in [0.15, 0.2) is 48.1 Å². The number of allylic oxidation sites excluding steroid dienone is 5. The van der Waals surface area contributed by atoms with Crippen LogP contribution in [0.5, 0.6) is 0 Å². The summed E-state index contributed by atoms with van der Waals surface area (Å²) in [5.41, 5.74) is 8.28. The molecule has 31 heavy (non-hydrogen) atoms. The Hall–Kier alpha value is -1.89. The minimum atomic E-state index is 0.108. The lowest BCUT2D eigenvalue weighted by Gasteiger charge is -2.42. The highest BCUT2D eigenvalue weighted by atomic mass is 16.1. The molecule has 1 atom stereocenters. The maximum absolute atomic E-state index is 12.8. The van der Waals surface area contributed by atoms with Crippen LogP contribution in [0.3, 0.4) is 0 Å². The monoisotopic (exact) mass is 420 g/mol. The van der Waals surface area contributed by atoms with Crippen LogP contribution >= 0.6 is 0 Å². The summed E-state index contributed by atoms with van der Waals surface area (Å²) in [6, 6.07) is 4.89. The molecule has 1 aliphatic rings. The molecule has 0 saturated heterocycles. The van der Waals surface area contributed by atoms with E-state index >= 15 is 0 Å². The molecule has 0 spiro atoms. The molecule has 2 rings (SSSR count). The van der Waals surface area contributed by atoms with E-state index < -0.39 is 0 Å². The third-order valence-corrected chi connectivity index (χ3v) is 7.33. The van der Waals surface area contributed by atoms with Crippen molar-refractivity contribution in [2.75, 3.05) is 0 Å². The number of benzene rings is 1. The third kappa shape index (κ3) is 5.88. The summed E-state index contributed by atoms with van der Waals surface area (Å²) >= 11 is 0. The Morgan fingerprint density at radius 1 is 1.06 bits per heavy atom. The van der Waals surface area contributed by atoms with E-state index in [0.717, 1.165) is 31.3 Å². The van der Waals surface area contributed by atoms with Crippen LogP contribution in [0, 0.1) is 12.8 Å². The molecule has 1 unspecified atom stereocenters. The molecule has 0 aromatic heterocycles. The van der Waals surface area contributed by atoms with Crippen LogP contribution in [-0.4, -0.2) is 5.78 Å². The Kier molecular flexibility index (Phi) is 8.31. The molecular formula is C30H44O. The largest absolute Gasteiger partial charge is 0.294 e. The summed E-state index contributed by atoms with van der Waals surface area (Å²) in [4.78, 5) is 12.8. The topological polar surface area (TPSA) is 17.1 Å². The minimum absolute atomic E-state index is 0.108. The van der Waals surface area contributed by atoms with Crippen LogP contribution in [0.25, 0.3) is 0 Å². The second kappa shape index (κ2) is 10.2. The molecule has 0 N–H and O–H groups in total. The van der Waals surface area contributed by atoms with Crippen molar-refractivity contribution in [2.45, 2.75) is 105 Å². The Balaban J connectivity index is 2.32. The molecule has 0 amide bonds. The van der Waals surface area contributed by atoms with Gasteiger partial charge in [0.2, 0.25) is 0 Å². The zero-order valence-electron chi connectivity index (χ0n) is 21.3. The first kappa shape index (κ1) is 25.4. The van der Waals surface area contributed by atoms with Crippen molar-refractivity contribution in [1.82, 2.24) is 0 Å². The first-order valence-corrected chi connectivity index (χ1v) is 12.2. The highest BCUT2D eigenvalue weighted by Crippen LogP contribution is 2.46. The van der Waals surface area contributed by atoms with Gasteiger partial charge >= 0.3 is 0 Å². The number of carbonyl (C=O) groups is 1. The van der Waals surface area contributed by atoms with Crippen LogP contribution in [0.2, 0.25) is 0 Å². The summed E-state index contributed by atoms with van der Waals surface area (Å²) < 4.78 is 0. The van der Waals surface area contributed by atoms with E-state index in [2.05, 4.69) is 80.2 Å². The molecule has 0 heterocycles. The predicted octanol–water partition coefficient (Wildman–Crippen LogP) is 8.34. The Bertz CT molecular complexity index is 876. The Labute approximate surface area is 191 Å². The van der Waals surface area contributed by atoms with Crippen LogP contribution in [0.1, 0.15) is 103 Å². The Morgan fingerprint density at radius 3 is 2.16 bits per heavy atom. The van der Waals surface area contributed by atoms with E-state index in [1.807, 2.05) is 6.08 Å². The van der Waals surface area contributed by atoms with Crippen molar-refractivity contribution in [3.8, 4) is 0 Å². The van der Waals surface area contributed by atoms with Gasteiger partial charge in [0.1, 0.15) is 0 Å². The highest BCUT2D eigenvalue weighted by molar-refractivity contribution is 5.99. The van der Waals surface area contributed by atoms with Gasteiger partial charge in [0.15, 0.2) is 5.78 Å². The van der Waals surface area contributed by atoms with Crippen LogP contribution < -0.4 is 0 Å². The first-order chi connectivity index (χ1) is 14.5. The van der Waals surface area contributed by atoms with Gasteiger partial charge in [0.05, 0.1) is 0 Å². The van der Waals surface area contributed by atoms with Crippen LogP contribution in [0.4, 0.5) is 0 Å². The zero-order chi connectivity index (χ0) is 23.4. The molecular weight excluding hydrogens is 376 g/mol. The fourth-order valence-corrected chi connectivity index (χ4v) is 4.90. The highest BCUT2D eigenvalue weighted by Gasteiger charge is 2.37. The summed E-state index contributed by atoms with van der Waals surface area (Å²) in [6.45, 7) is 22.1. The molecule has 0 bridgehead atoms. The van der Waals surface area contributed by atoms with E-state index in [1.54, 1.807) is 6.08 Å². The number of hydrogen-bond donors (Lipinski definition) is 0. The van der Waals surface area contributed by atoms with E-state index in [0.29, 0.717) is 0 Å². The molecule has 0 saturated carbocycles. The van der Waals surface area contributed by atoms with E-state index in [4.69, 9.17) is 0 Å². The molecule has 1 aromatic carbocycles. The maximum Gasteiger partial charge on any atom is 0.165 e. The molecule has 1 nitrogen and oxygen atoms in total. The number of carbonyl (C=O) groups excluding carboxylic acids is 1. The van der Waals surface area contributed by atoms with E-state index in [9.17, 15) is 4.79 Å². The van der Waals surface area contributed by atoms with Crippen molar-refractivity contribution in [3.63, 3.8) is 0 Å². The van der Waals surface area contributed by atoms with E-state index in [1.165, 1.54) is 40.7 Å². The second-order valence-electron chi connectivity index (χ2n) is 10.9. The third-order valence-electron chi connectivity index (χ3n) is 7.33. The molecule has 0 aliphatic heterocycles. The van der Waals surface area contributed by atoms with Crippen molar-refractivity contribution in [3.05, 3.63) is 70.3 Å². The molecule has 0 radical (unpaired) electrons. The van der Waals surface area contributed by atoms with Gasteiger partial charge in [-0.3, -0.25) is 4.79 Å². The Morgan fingerprint density at radius 2 is 1.65 bits per heavy atom. The molecule has 1 heteroatoms. The molecule has 0 fully saturated rings. The smallest absolute Gasteiger partial charge is 0.165 e. The van der Waals surface area contributed by atoms with Gasteiger partial charge in [-0.1, -0.05) is 90.5 Å². The van der Waals surface area contributed by atoms with Crippen LogP contribution in [-0.2, 0) is 22.0 Å². The number of hydrogen-bond acceptors (Lipinski definition) is 1. The number of Topliss-reactive ketones (excluding diaryl/α,β-unsaturated/α-hetero) is 1. The van der Waals surface area contributed by atoms with Gasteiger partial charge in [-0.25, -0.2) is 0 Å². The first-order valence-electron chi connectivity index (χ1n) is 12.2. The summed E-state index contributed by atoms with van der Waals surface area (Å²) in [5, 5.41) is 0. The molecule has 1 aliphatic carbocycles. The number of aryl methyl sites for hydroxylation is 1. The van der Waals surface area contributed by atoms with Gasteiger partial charge in [0, 0.05) is 11.5 Å². The fourth-order valence-electron chi connectivity index (χ4n) is 4.90. The summed E-state index contributed by atoms with van der Waals surface area (Å²) in [5.74, 6) is 0.341. The number of ketones is 1. The normalized spacial score (nSPS) is 19.0. The standard InChI is InChI=1S/C30H44O/c1-10-13-23(11-2)28(31)24(12-3)15-14-21(4)18-25-20-27-26(19-22(25)5)29(6,7)16-17-30(27,8)9/h12,14-15,19-20,23H,3,10-11,13,16-18H2,1-2,4-9H3/b21-14+,24-15+. The molecule has 170 valence electrons. The van der Waals surface area contributed by atoms with Gasteiger partial charge in [-0.05, 0) is 79.0 Å². The lowest BCUT2D eigenvalue weighted by Crippen LogP contribution is -2.34. The van der Waals surface area contributed by atoms with Crippen molar-refractivity contribution < 1.29 is 4.79 Å². The zero-order valence-corrected chi connectivity index (χ0v) is 21.3. The predicted molar refractivity (Wildman–Crippen MR) is 136 cm³/mol. The lowest BCUT2D eigenvalue weighted by molar-refractivity contribution is -0.119. The second-order valence-corrected chi connectivity index (χ2v) is 10.9. The average molecular weight is 421 g/mol. The number of rotatable bonds is 9. The fraction of sp³-hybridized carbons (Fsp3) is 0.567. The lowest BCUT2D eigenvalue weighted by atomic mass is 9.62. The van der Waals surface area contributed by atoms with Gasteiger partial charge in [-0.2, -0.15) is 0 Å². The summed E-state index contributed by atoms with van der Waals surface area (Å²) in [7, 11) is 0. The molecule has 1 aromatic rings. The number of fused-ring (bicyclic) bond motifs is 1. The van der Waals surface area contributed by atoms with Crippen molar-refractivity contribution in [1.29, 1.82) is 0 Å². The van der Waals surface area contributed by atoms with Crippen molar-refractivity contribution >= 4 is 5.78 Å². The van der Waals surface area contributed by atoms with Crippen molar-refractivity contribution in [2.24, 2.45) is 5.92 Å². The summed E-state index contributed by atoms with van der Waals surface area (Å²) in [6.07, 6.45) is 12.1.